The van der Waals surface area contributed by atoms with Gasteiger partial charge in [0.05, 0.1) is 0 Å². The summed E-state index contributed by atoms with van der Waals surface area (Å²) in [6.45, 7) is 0.0898. The zero-order valence-electron chi connectivity index (χ0n) is 9.78. The van der Waals surface area contributed by atoms with Crippen molar-refractivity contribution in [2.75, 3.05) is 30.0 Å². The SMILES string of the molecule is OCCCSCCNc1c(F)c(F)c(F)c(F)c1F. The molecule has 0 spiro atoms. The monoisotopic (exact) mass is 301 g/mol. The highest BCUT2D eigenvalue weighted by Crippen LogP contribution is 2.26. The minimum atomic E-state index is -2.17. The molecule has 0 bridgehead atoms. The van der Waals surface area contributed by atoms with E-state index in [0.29, 0.717) is 17.9 Å². The number of thioether (sulfide) groups is 1. The molecule has 0 aliphatic rings. The largest absolute Gasteiger partial charge is 0.396 e. The van der Waals surface area contributed by atoms with Crippen LogP contribution in [0.1, 0.15) is 6.42 Å². The number of hydrogen-bond donors (Lipinski definition) is 2. The minimum Gasteiger partial charge on any atom is -0.396 e. The molecule has 108 valence electrons. The van der Waals surface area contributed by atoms with E-state index in [-0.39, 0.29) is 13.2 Å². The predicted molar refractivity (Wildman–Crippen MR) is 63.7 cm³/mol. The molecule has 0 saturated heterocycles. The van der Waals surface area contributed by atoms with Crippen molar-refractivity contribution in [3.05, 3.63) is 29.1 Å². The maximum absolute atomic E-state index is 13.2. The van der Waals surface area contributed by atoms with Gasteiger partial charge in [0.1, 0.15) is 5.69 Å². The Morgan fingerprint density at radius 2 is 1.37 bits per heavy atom. The summed E-state index contributed by atoms with van der Waals surface area (Å²) in [6, 6.07) is 0. The van der Waals surface area contributed by atoms with Crippen LogP contribution in [0.4, 0.5) is 27.6 Å². The summed E-state index contributed by atoms with van der Waals surface area (Å²) in [4.78, 5) is 0. The van der Waals surface area contributed by atoms with Gasteiger partial charge in [-0.2, -0.15) is 11.8 Å². The van der Waals surface area contributed by atoms with Crippen LogP contribution in [0.3, 0.4) is 0 Å². The molecule has 2 nitrogen and oxygen atoms in total. The summed E-state index contributed by atoms with van der Waals surface area (Å²) < 4.78 is 64.8. The number of halogens is 5. The summed E-state index contributed by atoms with van der Waals surface area (Å²) in [5, 5.41) is 10.7. The van der Waals surface area contributed by atoms with Gasteiger partial charge < -0.3 is 10.4 Å². The minimum absolute atomic E-state index is 0.0398. The average molecular weight is 301 g/mol. The Morgan fingerprint density at radius 1 is 0.842 bits per heavy atom. The molecule has 19 heavy (non-hydrogen) atoms. The van der Waals surface area contributed by atoms with E-state index in [9.17, 15) is 22.0 Å². The zero-order valence-corrected chi connectivity index (χ0v) is 10.6. The quantitative estimate of drug-likeness (QED) is 0.351. The first-order valence-electron chi connectivity index (χ1n) is 5.44. The Bertz CT molecular complexity index is 415. The number of aliphatic hydroxyl groups is 1. The molecule has 0 atom stereocenters. The summed E-state index contributed by atoms with van der Waals surface area (Å²) in [5.74, 6) is -8.76. The van der Waals surface area contributed by atoms with Crippen molar-refractivity contribution < 1.29 is 27.1 Å². The summed E-state index contributed by atoms with van der Waals surface area (Å²) >= 11 is 1.39. The lowest BCUT2D eigenvalue weighted by atomic mass is 10.2. The van der Waals surface area contributed by atoms with E-state index in [0.717, 1.165) is 0 Å². The van der Waals surface area contributed by atoms with Crippen LogP contribution in [-0.2, 0) is 0 Å². The number of aliphatic hydroxyl groups excluding tert-OH is 1. The molecule has 1 aromatic rings. The molecule has 0 aliphatic carbocycles. The van der Waals surface area contributed by atoms with E-state index in [2.05, 4.69) is 5.32 Å². The third-order valence-electron chi connectivity index (χ3n) is 2.20. The van der Waals surface area contributed by atoms with E-state index in [1.165, 1.54) is 11.8 Å². The van der Waals surface area contributed by atoms with Crippen molar-refractivity contribution in [2.24, 2.45) is 0 Å². The second kappa shape index (κ2) is 7.54. The molecule has 0 heterocycles. The molecule has 0 aromatic heterocycles. The highest BCUT2D eigenvalue weighted by molar-refractivity contribution is 7.99. The van der Waals surface area contributed by atoms with Crippen LogP contribution in [0, 0.1) is 29.1 Å². The third-order valence-corrected chi connectivity index (χ3v) is 3.27. The average Bonchev–Trinajstić information content (AvgIpc) is 2.41. The second-order valence-corrected chi connectivity index (χ2v) is 4.79. The zero-order chi connectivity index (χ0) is 14.4. The van der Waals surface area contributed by atoms with Gasteiger partial charge in [-0.15, -0.1) is 0 Å². The first-order chi connectivity index (χ1) is 9.00. The third kappa shape index (κ3) is 3.97. The summed E-state index contributed by atoms with van der Waals surface area (Å²) in [5.41, 5.74) is -1.01. The number of benzene rings is 1. The topological polar surface area (TPSA) is 32.3 Å². The number of nitrogens with one attached hydrogen (secondary N) is 1. The number of hydrogen-bond acceptors (Lipinski definition) is 3. The highest BCUT2D eigenvalue weighted by Gasteiger charge is 2.25. The van der Waals surface area contributed by atoms with Crippen molar-refractivity contribution in [3.8, 4) is 0 Å². The van der Waals surface area contributed by atoms with Crippen LogP contribution in [-0.4, -0.2) is 29.8 Å². The van der Waals surface area contributed by atoms with Crippen LogP contribution >= 0.6 is 11.8 Å². The fourth-order valence-electron chi connectivity index (χ4n) is 1.28. The Kier molecular flexibility index (Phi) is 6.36. The number of anilines is 1. The van der Waals surface area contributed by atoms with Crippen molar-refractivity contribution >= 4 is 17.4 Å². The van der Waals surface area contributed by atoms with Crippen LogP contribution in [0.25, 0.3) is 0 Å². The van der Waals surface area contributed by atoms with E-state index in [1.54, 1.807) is 0 Å². The molecule has 2 N–H and O–H groups in total. The van der Waals surface area contributed by atoms with E-state index >= 15 is 0 Å². The fraction of sp³-hybridized carbons (Fsp3) is 0.455. The van der Waals surface area contributed by atoms with Gasteiger partial charge in [-0.05, 0) is 12.2 Å². The lowest BCUT2D eigenvalue weighted by molar-refractivity contribution is 0.296. The van der Waals surface area contributed by atoms with Gasteiger partial charge in [0, 0.05) is 18.9 Å². The lowest BCUT2D eigenvalue weighted by Crippen LogP contribution is -2.12. The normalized spacial score (nSPS) is 10.8. The first-order valence-corrected chi connectivity index (χ1v) is 6.60. The predicted octanol–water partition coefficient (Wildman–Crippen LogP) is 2.91. The Labute approximate surface area is 111 Å². The fourth-order valence-corrected chi connectivity index (χ4v) is 2.06. The van der Waals surface area contributed by atoms with E-state index in [4.69, 9.17) is 5.11 Å². The Balaban J connectivity index is 2.64. The van der Waals surface area contributed by atoms with Crippen LogP contribution < -0.4 is 5.32 Å². The molecule has 0 radical (unpaired) electrons. The second-order valence-electron chi connectivity index (χ2n) is 3.56. The molecule has 0 saturated carbocycles. The Morgan fingerprint density at radius 3 is 1.89 bits per heavy atom. The van der Waals surface area contributed by atoms with Crippen LogP contribution in [0.15, 0.2) is 0 Å². The van der Waals surface area contributed by atoms with Crippen molar-refractivity contribution in [1.82, 2.24) is 0 Å². The van der Waals surface area contributed by atoms with Gasteiger partial charge in [-0.3, -0.25) is 0 Å². The molecule has 1 aromatic carbocycles. The van der Waals surface area contributed by atoms with Gasteiger partial charge in [-0.1, -0.05) is 0 Å². The molecular weight excluding hydrogens is 289 g/mol. The first kappa shape index (κ1) is 16.0. The van der Waals surface area contributed by atoms with Crippen molar-refractivity contribution in [2.45, 2.75) is 6.42 Å². The molecule has 0 unspecified atom stereocenters. The molecule has 1 rings (SSSR count). The lowest BCUT2D eigenvalue weighted by Gasteiger charge is -2.10. The molecule has 8 heteroatoms. The molecule has 0 fully saturated rings. The van der Waals surface area contributed by atoms with Crippen LogP contribution in [0.5, 0.6) is 0 Å². The highest BCUT2D eigenvalue weighted by atomic mass is 32.2. The van der Waals surface area contributed by atoms with Gasteiger partial charge in [0.2, 0.25) is 5.82 Å². The van der Waals surface area contributed by atoms with Crippen LogP contribution in [0.2, 0.25) is 0 Å². The molecule has 0 amide bonds. The molecule has 0 aliphatic heterocycles. The Hall–Kier alpha value is -1.02. The van der Waals surface area contributed by atoms with Gasteiger partial charge >= 0.3 is 0 Å². The maximum atomic E-state index is 13.2. The van der Waals surface area contributed by atoms with Gasteiger partial charge in [-0.25, -0.2) is 22.0 Å². The standard InChI is InChI=1S/C11H12F5NOS/c12-6-7(13)9(15)11(10(16)8(6)14)17-2-5-19-4-1-3-18/h17-18H,1-5H2. The van der Waals surface area contributed by atoms with Crippen molar-refractivity contribution in [1.29, 1.82) is 0 Å². The maximum Gasteiger partial charge on any atom is 0.200 e. The summed E-state index contributed by atoms with van der Waals surface area (Å²) in [7, 11) is 0. The summed E-state index contributed by atoms with van der Waals surface area (Å²) in [6.07, 6.45) is 0.577. The van der Waals surface area contributed by atoms with Gasteiger partial charge in [0.15, 0.2) is 23.3 Å². The molecular formula is C11H12F5NOS. The van der Waals surface area contributed by atoms with E-state index < -0.39 is 34.8 Å². The van der Waals surface area contributed by atoms with Crippen molar-refractivity contribution in [3.63, 3.8) is 0 Å². The smallest absolute Gasteiger partial charge is 0.200 e. The van der Waals surface area contributed by atoms with Gasteiger partial charge in [0.25, 0.3) is 0 Å². The van der Waals surface area contributed by atoms with E-state index in [1.807, 2.05) is 0 Å². The number of rotatable bonds is 7.